The Bertz CT molecular complexity index is 459. The van der Waals surface area contributed by atoms with Gasteiger partial charge in [0.15, 0.2) is 0 Å². The summed E-state index contributed by atoms with van der Waals surface area (Å²) in [5.41, 5.74) is 4.98. The number of hydrogen-bond donors (Lipinski definition) is 2. The van der Waals surface area contributed by atoms with Crippen molar-refractivity contribution in [3.63, 3.8) is 0 Å². The van der Waals surface area contributed by atoms with Crippen molar-refractivity contribution in [2.75, 3.05) is 0 Å². The Balaban J connectivity index is 2.00. The number of hydrogen-bond acceptors (Lipinski definition) is 2. The van der Waals surface area contributed by atoms with Gasteiger partial charge in [-0.2, -0.15) is 0 Å². The fraction of sp³-hybridized carbons (Fsp3) is 0.467. The normalized spacial score (nSPS) is 17.1. The third-order valence-corrected chi connectivity index (χ3v) is 4.10. The maximum Gasteiger partial charge on any atom is 0.127 e. The predicted molar refractivity (Wildman–Crippen MR) is 80.1 cm³/mol. The number of nitrogens with one attached hydrogen (secondary N) is 1. The summed E-state index contributed by atoms with van der Waals surface area (Å²) in [7, 11) is 0. The minimum atomic E-state index is -0.174. The summed E-state index contributed by atoms with van der Waals surface area (Å²) < 4.78 is 14.6. The van der Waals surface area contributed by atoms with Crippen LogP contribution in [-0.4, -0.2) is 6.04 Å². The Kier molecular flexibility index (Phi) is 5.55. The summed E-state index contributed by atoms with van der Waals surface area (Å²) in [5.74, 6) is 5.43. The van der Waals surface area contributed by atoms with E-state index < -0.39 is 0 Å². The number of allylic oxidation sites excluding steroid dienone is 1. The lowest BCUT2D eigenvalue weighted by molar-refractivity contribution is 0.492. The maximum absolute atomic E-state index is 13.8. The lowest BCUT2D eigenvalue weighted by Crippen LogP contribution is -2.37. The Morgan fingerprint density at radius 3 is 2.79 bits per heavy atom. The van der Waals surface area contributed by atoms with Crippen LogP contribution in [0.4, 0.5) is 4.39 Å². The fourth-order valence-corrected chi connectivity index (χ4v) is 2.88. The number of nitrogens with two attached hydrogens (primary N) is 1. The first kappa shape index (κ1) is 14.7. The maximum atomic E-state index is 13.8. The van der Waals surface area contributed by atoms with Gasteiger partial charge in [0.05, 0.1) is 0 Å². The van der Waals surface area contributed by atoms with Crippen molar-refractivity contribution in [3.05, 3.63) is 45.7 Å². The second-order valence-electron chi connectivity index (χ2n) is 5.12. The van der Waals surface area contributed by atoms with Crippen LogP contribution in [0, 0.1) is 5.82 Å². The SMILES string of the molecule is NNC(CC1=CCCCC1)Cc1ccc(Br)cc1F. The smallest absolute Gasteiger partial charge is 0.127 e. The first-order valence-corrected chi connectivity index (χ1v) is 7.56. The van der Waals surface area contributed by atoms with Gasteiger partial charge in [-0.3, -0.25) is 11.3 Å². The first-order valence-electron chi connectivity index (χ1n) is 6.77. The Morgan fingerprint density at radius 2 is 2.16 bits per heavy atom. The Morgan fingerprint density at radius 1 is 1.32 bits per heavy atom. The molecule has 4 heteroatoms. The monoisotopic (exact) mass is 326 g/mol. The molecule has 0 aliphatic heterocycles. The molecule has 19 heavy (non-hydrogen) atoms. The van der Waals surface area contributed by atoms with Crippen LogP contribution in [-0.2, 0) is 6.42 Å². The molecule has 2 nitrogen and oxygen atoms in total. The minimum Gasteiger partial charge on any atom is -0.271 e. The van der Waals surface area contributed by atoms with E-state index in [0.29, 0.717) is 12.0 Å². The highest BCUT2D eigenvalue weighted by atomic mass is 79.9. The molecule has 1 atom stereocenters. The van der Waals surface area contributed by atoms with E-state index in [1.54, 1.807) is 0 Å². The third-order valence-electron chi connectivity index (χ3n) is 3.61. The molecule has 2 rings (SSSR count). The molecule has 0 spiro atoms. The van der Waals surface area contributed by atoms with E-state index in [0.717, 1.165) is 17.3 Å². The van der Waals surface area contributed by atoms with Gasteiger partial charge in [0.1, 0.15) is 5.82 Å². The van der Waals surface area contributed by atoms with Gasteiger partial charge in [-0.15, -0.1) is 0 Å². The van der Waals surface area contributed by atoms with Crippen molar-refractivity contribution in [2.45, 2.75) is 44.6 Å². The summed E-state index contributed by atoms with van der Waals surface area (Å²) in [6, 6.07) is 5.29. The fourth-order valence-electron chi connectivity index (χ4n) is 2.55. The van der Waals surface area contributed by atoms with Gasteiger partial charge in [-0.25, -0.2) is 4.39 Å². The van der Waals surface area contributed by atoms with Crippen LogP contribution in [0.25, 0.3) is 0 Å². The predicted octanol–water partition coefficient (Wildman–Crippen LogP) is 3.85. The van der Waals surface area contributed by atoms with Crippen LogP contribution in [0.5, 0.6) is 0 Å². The van der Waals surface area contributed by atoms with Crippen LogP contribution in [0.2, 0.25) is 0 Å². The van der Waals surface area contributed by atoms with E-state index in [4.69, 9.17) is 5.84 Å². The topological polar surface area (TPSA) is 38.0 Å². The van der Waals surface area contributed by atoms with Crippen LogP contribution < -0.4 is 11.3 Å². The van der Waals surface area contributed by atoms with Gasteiger partial charge in [0, 0.05) is 10.5 Å². The number of benzene rings is 1. The standard InChI is InChI=1S/C15H20BrFN2/c16-13-7-6-12(15(17)10-13)9-14(19-18)8-11-4-2-1-3-5-11/h4,6-7,10,14,19H,1-3,5,8-9,18H2. The van der Waals surface area contributed by atoms with E-state index in [2.05, 4.69) is 27.4 Å². The molecule has 0 amide bonds. The molecule has 0 saturated carbocycles. The molecule has 0 radical (unpaired) electrons. The minimum absolute atomic E-state index is 0.0972. The number of hydrazine groups is 1. The van der Waals surface area contributed by atoms with Gasteiger partial charge >= 0.3 is 0 Å². The molecule has 1 aliphatic carbocycles. The van der Waals surface area contributed by atoms with Gasteiger partial charge in [0.2, 0.25) is 0 Å². The molecule has 0 fully saturated rings. The summed E-state index contributed by atoms with van der Waals surface area (Å²) in [6.07, 6.45) is 8.70. The van der Waals surface area contributed by atoms with Crippen LogP contribution >= 0.6 is 15.9 Å². The van der Waals surface area contributed by atoms with E-state index >= 15 is 0 Å². The molecule has 3 N–H and O–H groups in total. The lowest BCUT2D eigenvalue weighted by Gasteiger charge is -2.20. The third kappa shape index (κ3) is 4.41. The number of halogens is 2. The van der Waals surface area contributed by atoms with Gasteiger partial charge in [0.25, 0.3) is 0 Å². The second-order valence-corrected chi connectivity index (χ2v) is 6.03. The van der Waals surface area contributed by atoms with Crippen molar-refractivity contribution in [3.8, 4) is 0 Å². The van der Waals surface area contributed by atoms with Crippen molar-refractivity contribution < 1.29 is 4.39 Å². The molecular weight excluding hydrogens is 307 g/mol. The average molecular weight is 327 g/mol. The molecule has 0 heterocycles. The molecule has 104 valence electrons. The van der Waals surface area contributed by atoms with Crippen molar-refractivity contribution >= 4 is 15.9 Å². The zero-order valence-corrected chi connectivity index (χ0v) is 12.5. The summed E-state index contributed by atoms with van der Waals surface area (Å²) in [6.45, 7) is 0. The van der Waals surface area contributed by atoms with E-state index in [1.807, 2.05) is 12.1 Å². The molecule has 0 bridgehead atoms. The first-order chi connectivity index (χ1) is 9.19. The molecule has 1 aliphatic rings. The van der Waals surface area contributed by atoms with Crippen LogP contribution in [0.1, 0.15) is 37.7 Å². The number of rotatable bonds is 5. The highest BCUT2D eigenvalue weighted by molar-refractivity contribution is 9.10. The molecular formula is C15H20BrFN2. The van der Waals surface area contributed by atoms with Gasteiger partial charge in [-0.1, -0.05) is 33.6 Å². The molecule has 1 aromatic carbocycles. The van der Waals surface area contributed by atoms with E-state index in [1.165, 1.54) is 30.9 Å². The van der Waals surface area contributed by atoms with Crippen molar-refractivity contribution in [1.29, 1.82) is 0 Å². The zero-order chi connectivity index (χ0) is 13.7. The highest BCUT2D eigenvalue weighted by Gasteiger charge is 2.14. The Hall–Kier alpha value is -0.710. The molecule has 1 unspecified atom stereocenters. The summed E-state index contributed by atoms with van der Waals surface area (Å²) in [5, 5.41) is 0. The largest absolute Gasteiger partial charge is 0.271 e. The second kappa shape index (κ2) is 7.17. The Labute approximate surface area is 122 Å². The van der Waals surface area contributed by atoms with Crippen molar-refractivity contribution in [1.82, 2.24) is 5.43 Å². The van der Waals surface area contributed by atoms with E-state index in [-0.39, 0.29) is 11.9 Å². The van der Waals surface area contributed by atoms with Crippen molar-refractivity contribution in [2.24, 2.45) is 5.84 Å². The molecule has 1 aromatic rings. The highest BCUT2D eigenvalue weighted by Crippen LogP contribution is 2.23. The lowest BCUT2D eigenvalue weighted by atomic mass is 9.92. The molecule has 0 saturated heterocycles. The average Bonchev–Trinajstić information content (AvgIpc) is 2.42. The summed E-state index contributed by atoms with van der Waals surface area (Å²) >= 11 is 3.27. The van der Waals surface area contributed by atoms with Crippen LogP contribution in [0.15, 0.2) is 34.3 Å². The van der Waals surface area contributed by atoms with Gasteiger partial charge in [-0.05, 0) is 56.2 Å². The molecule has 0 aromatic heterocycles. The quantitative estimate of drug-likeness (QED) is 0.490. The summed E-state index contributed by atoms with van der Waals surface area (Å²) in [4.78, 5) is 0. The zero-order valence-electron chi connectivity index (χ0n) is 11.0. The van der Waals surface area contributed by atoms with E-state index in [9.17, 15) is 4.39 Å². The van der Waals surface area contributed by atoms with Gasteiger partial charge < -0.3 is 0 Å². The van der Waals surface area contributed by atoms with Crippen LogP contribution in [0.3, 0.4) is 0 Å².